The maximum absolute atomic E-state index is 11.2. The Hall–Kier alpha value is -2.07. The molecule has 0 aromatic heterocycles. The second-order valence-corrected chi connectivity index (χ2v) is 4.45. The number of hydrogen-bond donors (Lipinski definition) is 1. The van der Waals surface area contributed by atoms with E-state index < -0.39 is 5.79 Å². The first-order valence-corrected chi connectivity index (χ1v) is 5.66. The minimum Gasteiger partial charge on any atom is -0.508 e. The Morgan fingerprint density at radius 3 is 2.61 bits per heavy atom. The smallest absolute Gasteiger partial charge is 0.335 e. The van der Waals surface area contributed by atoms with E-state index in [4.69, 9.17) is 9.47 Å². The summed E-state index contributed by atoms with van der Waals surface area (Å²) in [7, 11) is 0. The number of cyclic esters (lactones) is 1. The van der Waals surface area contributed by atoms with Crippen molar-refractivity contribution in [1.29, 1.82) is 0 Å². The number of ether oxygens (including phenoxy) is 2. The van der Waals surface area contributed by atoms with Crippen molar-refractivity contribution in [2.45, 2.75) is 12.7 Å². The lowest BCUT2D eigenvalue weighted by atomic mass is 10.0. The number of fused-ring (bicyclic) bond motifs is 1. The van der Waals surface area contributed by atoms with Crippen LogP contribution in [0.4, 0.5) is 0 Å². The van der Waals surface area contributed by atoms with Gasteiger partial charge in [0, 0.05) is 12.5 Å². The maximum atomic E-state index is 11.2. The van der Waals surface area contributed by atoms with Crippen molar-refractivity contribution in [3.8, 4) is 5.75 Å². The number of esters is 1. The highest BCUT2D eigenvalue weighted by atomic mass is 16.8. The lowest BCUT2D eigenvalue weighted by Crippen LogP contribution is -2.22. The molecule has 4 heteroatoms. The van der Waals surface area contributed by atoms with E-state index in [9.17, 15) is 9.90 Å². The summed E-state index contributed by atoms with van der Waals surface area (Å²) in [5, 5.41) is 11.3. The second-order valence-electron chi connectivity index (χ2n) is 4.45. The van der Waals surface area contributed by atoms with E-state index in [-0.39, 0.29) is 18.3 Å². The highest BCUT2D eigenvalue weighted by Gasteiger charge is 2.38. The van der Waals surface area contributed by atoms with E-state index in [0.717, 1.165) is 16.3 Å². The van der Waals surface area contributed by atoms with Gasteiger partial charge in [-0.1, -0.05) is 18.2 Å². The van der Waals surface area contributed by atoms with Crippen molar-refractivity contribution in [2.75, 3.05) is 6.61 Å². The molecular weight excluding hydrogens is 232 g/mol. The van der Waals surface area contributed by atoms with Gasteiger partial charge in [0.25, 0.3) is 0 Å². The molecular formula is C14H12O4. The Kier molecular flexibility index (Phi) is 2.28. The number of hydrogen-bond acceptors (Lipinski definition) is 4. The molecule has 0 bridgehead atoms. The van der Waals surface area contributed by atoms with E-state index in [1.807, 2.05) is 24.3 Å². The lowest BCUT2D eigenvalue weighted by Gasteiger charge is -2.22. The number of benzene rings is 2. The molecule has 2 aromatic rings. The molecule has 1 aliphatic heterocycles. The minimum absolute atomic E-state index is 0.0237. The summed E-state index contributed by atoms with van der Waals surface area (Å²) in [6.07, 6.45) is 0. The third kappa shape index (κ3) is 1.71. The second kappa shape index (κ2) is 3.71. The summed E-state index contributed by atoms with van der Waals surface area (Å²) in [5.41, 5.74) is 0.784. The van der Waals surface area contributed by atoms with E-state index in [1.54, 1.807) is 19.1 Å². The average Bonchev–Trinajstić information content (AvgIpc) is 2.70. The summed E-state index contributed by atoms with van der Waals surface area (Å²) < 4.78 is 10.6. The zero-order valence-electron chi connectivity index (χ0n) is 9.84. The topological polar surface area (TPSA) is 55.8 Å². The molecule has 1 saturated heterocycles. The number of aromatic hydroxyl groups is 1. The van der Waals surface area contributed by atoms with Gasteiger partial charge >= 0.3 is 5.97 Å². The lowest BCUT2D eigenvalue weighted by molar-refractivity contribution is -0.170. The van der Waals surface area contributed by atoms with Gasteiger partial charge in [0.05, 0.1) is 0 Å². The quantitative estimate of drug-likeness (QED) is 0.782. The number of phenols is 1. The van der Waals surface area contributed by atoms with Crippen molar-refractivity contribution in [3.63, 3.8) is 0 Å². The van der Waals surface area contributed by atoms with Crippen LogP contribution in [-0.4, -0.2) is 17.7 Å². The van der Waals surface area contributed by atoms with Crippen LogP contribution in [0, 0.1) is 0 Å². The van der Waals surface area contributed by atoms with E-state index >= 15 is 0 Å². The van der Waals surface area contributed by atoms with E-state index in [0.29, 0.717) is 0 Å². The van der Waals surface area contributed by atoms with Crippen molar-refractivity contribution in [1.82, 2.24) is 0 Å². The predicted molar refractivity (Wildman–Crippen MR) is 65.0 cm³/mol. The first kappa shape index (κ1) is 11.0. The van der Waals surface area contributed by atoms with Crippen LogP contribution in [0.5, 0.6) is 5.75 Å². The normalized spacial score (nSPS) is 23.3. The fraction of sp³-hybridized carbons (Fsp3) is 0.214. The molecule has 1 unspecified atom stereocenters. The third-order valence-corrected chi connectivity index (χ3v) is 3.12. The van der Waals surface area contributed by atoms with Crippen LogP contribution in [0.2, 0.25) is 0 Å². The van der Waals surface area contributed by atoms with Gasteiger partial charge in [-0.05, 0) is 29.0 Å². The monoisotopic (exact) mass is 244 g/mol. The molecule has 1 aliphatic rings. The maximum Gasteiger partial charge on any atom is 0.335 e. The Balaban J connectivity index is 2.08. The highest BCUT2D eigenvalue weighted by molar-refractivity contribution is 5.84. The van der Waals surface area contributed by atoms with Crippen LogP contribution < -0.4 is 0 Å². The van der Waals surface area contributed by atoms with E-state index in [1.165, 1.54) is 0 Å². The number of phenolic OH excluding ortho intramolecular Hbond substituents is 1. The Morgan fingerprint density at radius 1 is 1.17 bits per heavy atom. The third-order valence-electron chi connectivity index (χ3n) is 3.12. The molecule has 0 amide bonds. The van der Waals surface area contributed by atoms with Gasteiger partial charge in [-0.15, -0.1) is 0 Å². The van der Waals surface area contributed by atoms with E-state index in [2.05, 4.69) is 0 Å². The van der Waals surface area contributed by atoms with Crippen LogP contribution in [0.3, 0.4) is 0 Å². The summed E-state index contributed by atoms with van der Waals surface area (Å²) >= 11 is 0. The van der Waals surface area contributed by atoms with Crippen molar-refractivity contribution in [3.05, 3.63) is 42.0 Å². The molecule has 4 nitrogen and oxygen atoms in total. The number of rotatable bonds is 1. The zero-order valence-corrected chi connectivity index (χ0v) is 9.84. The van der Waals surface area contributed by atoms with Crippen molar-refractivity contribution < 1.29 is 19.4 Å². The van der Waals surface area contributed by atoms with Crippen molar-refractivity contribution >= 4 is 16.7 Å². The summed E-state index contributed by atoms with van der Waals surface area (Å²) in [6.45, 7) is 1.70. The zero-order chi connectivity index (χ0) is 12.8. The molecule has 0 saturated carbocycles. The first-order chi connectivity index (χ1) is 8.57. The summed E-state index contributed by atoms with van der Waals surface area (Å²) in [5.74, 6) is -1.14. The highest BCUT2D eigenvalue weighted by Crippen LogP contribution is 2.33. The number of carbonyl (C=O) groups excluding carboxylic acids is 1. The van der Waals surface area contributed by atoms with Crippen LogP contribution in [-0.2, 0) is 20.1 Å². The molecule has 3 rings (SSSR count). The number of carbonyl (C=O) groups is 1. The van der Waals surface area contributed by atoms with Crippen LogP contribution >= 0.6 is 0 Å². The molecule has 18 heavy (non-hydrogen) atoms. The Labute approximate surface area is 104 Å². The molecule has 1 fully saturated rings. The molecule has 1 atom stereocenters. The summed E-state index contributed by atoms with van der Waals surface area (Å²) in [4.78, 5) is 11.2. The van der Waals surface area contributed by atoms with Gasteiger partial charge in [-0.2, -0.15) is 0 Å². The van der Waals surface area contributed by atoms with Gasteiger partial charge < -0.3 is 14.6 Å². The molecule has 2 aromatic carbocycles. The van der Waals surface area contributed by atoms with Gasteiger partial charge in [-0.3, -0.25) is 0 Å². The molecule has 0 radical (unpaired) electrons. The standard InChI is InChI=1S/C14H12O4/c1-14(17-8-13(16)18-14)11-4-2-10-7-12(15)5-3-9(10)6-11/h2-7,15H,8H2,1H3. The van der Waals surface area contributed by atoms with Gasteiger partial charge in [0.2, 0.25) is 5.79 Å². The van der Waals surface area contributed by atoms with Gasteiger partial charge in [0.15, 0.2) is 0 Å². The first-order valence-electron chi connectivity index (χ1n) is 5.66. The molecule has 1 N–H and O–H groups in total. The van der Waals surface area contributed by atoms with Crippen LogP contribution in [0.1, 0.15) is 12.5 Å². The molecule has 92 valence electrons. The Morgan fingerprint density at radius 2 is 1.89 bits per heavy atom. The predicted octanol–water partition coefficient (Wildman–Crippen LogP) is 2.29. The Bertz CT molecular complexity index is 635. The summed E-state index contributed by atoms with van der Waals surface area (Å²) in [6, 6.07) is 10.7. The largest absolute Gasteiger partial charge is 0.508 e. The van der Waals surface area contributed by atoms with Crippen molar-refractivity contribution in [2.24, 2.45) is 0 Å². The SMILES string of the molecule is CC1(c2ccc3cc(O)ccc3c2)OCC(=O)O1. The minimum atomic E-state index is -1.01. The average molecular weight is 244 g/mol. The molecule has 0 spiro atoms. The fourth-order valence-corrected chi connectivity index (χ4v) is 2.13. The van der Waals surface area contributed by atoms with Gasteiger partial charge in [-0.25, -0.2) is 4.79 Å². The molecule has 0 aliphatic carbocycles. The molecule has 1 heterocycles. The van der Waals surface area contributed by atoms with Gasteiger partial charge in [0.1, 0.15) is 12.4 Å². The van der Waals surface area contributed by atoms with Crippen LogP contribution in [0.25, 0.3) is 10.8 Å². The fourth-order valence-electron chi connectivity index (χ4n) is 2.13. The van der Waals surface area contributed by atoms with Crippen LogP contribution in [0.15, 0.2) is 36.4 Å².